The Kier molecular flexibility index (Phi) is 7.50. The first kappa shape index (κ1) is 17.6. The van der Waals surface area contributed by atoms with Crippen LogP contribution in [0.15, 0.2) is 4.99 Å². The summed E-state index contributed by atoms with van der Waals surface area (Å²) in [5, 5.41) is 3.42. The van der Waals surface area contributed by atoms with Gasteiger partial charge in [0.1, 0.15) is 0 Å². The molecule has 128 valence electrons. The van der Waals surface area contributed by atoms with Gasteiger partial charge in [-0.25, -0.2) is 0 Å². The predicted molar refractivity (Wildman–Crippen MR) is 95.1 cm³/mol. The average molecular weight is 309 g/mol. The Morgan fingerprint density at radius 1 is 1.14 bits per heavy atom. The molecule has 1 saturated carbocycles. The molecular weight excluding hydrogens is 272 g/mol. The first-order valence-electron chi connectivity index (χ1n) is 9.42. The van der Waals surface area contributed by atoms with E-state index < -0.39 is 0 Å². The fourth-order valence-corrected chi connectivity index (χ4v) is 3.56. The largest absolute Gasteiger partial charge is 0.370 e. The first-order chi connectivity index (χ1) is 10.6. The highest BCUT2D eigenvalue weighted by Gasteiger charge is 2.19. The highest BCUT2D eigenvalue weighted by molar-refractivity contribution is 5.78. The highest BCUT2D eigenvalue weighted by Crippen LogP contribution is 2.19. The van der Waals surface area contributed by atoms with Gasteiger partial charge < -0.3 is 16.0 Å². The second-order valence-electron chi connectivity index (χ2n) is 7.67. The molecule has 0 amide bonds. The molecule has 2 rings (SSSR count). The van der Waals surface area contributed by atoms with Gasteiger partial charge in [0, 0.05) is 12.6 Å². The van der Waals surface area contributed by atoms with Crippen LogP contribution in [0.25, 0.3) is 0 Å². The van der Waals surface area contributed by atoms with E-state index in [0.29, 0.717) is 12.0 Å². The summed E-state index contributed by atoms with van der Waals surface area (Å²) >= 11 is 0. The van der Waals surface area contributed by atoms with E-state index in [1.165, 1.54) is 71.0 Å². The molecule has 3 N–H and O–H groups in total. The number of hydrogen-bond donors (Lipinski definition) is 2. The number of hydrogen-bond acceptors (Lipinski definition) is 2. The van der Waals surface area contributed by atoms with E-state index >= 15 is 0 Å². The van der Waals surface area contributed by atoms with Gasteiger partial charge in [0.05, 0.1) is 0 Å². The summed E-state index contributed by atoms with van der Waals surface area (Å²) in [5.74, 6) is 2.21. The summed E-state index contributed by atoms with van der Waals surface area (Å²) in [7, 11) is 0. The second kappa shape index (κ2) is 9.39. The van der Waals surface area contributed by atoms with Crippen molar-refractivity contribution in [3.8, 4) is 0 Å². The molecule has 1 saturated heterocycles. The van der Waals surface area contributed by atoms with Crippen molar-refractivity contribution < 1.29 is 0 Å². The smallest absolute Gasteiger partial charge is 0.188 e. The Morgan fingerprint density at radius 2 is 1.82 bits per heavy atom. The molecule has 1 heterocycles. The van der Waals surface area contributed by atoms with Crippen molar-refractivity contribution in [2.45, 2.75) is 71.3 Å². The zero-order valence-corrected chi connectivity index (χ0v) is 14.7. The van der Waals surface area contributed by atoms with Gasteiger partial charge in [-0.2, -0.15) is 0 Å². The molecule has 2 fully saturated rings. The summed E-state index contributed by atoms with van der Waals surface area (Å²) in [5.41, 5.74) is 6.06. The lowest BCUT2D eigenvalue weighted by Gasteiger charge is -2.31. The van der Waals surface area contributed by atoms with Crippen molar-refractivity contribution in [1.82, 2.24) is 10.2 Å². The summed E-state index contributed by atoms with van der Waals surface area (Å²) < 4.78 is 0. The average Bonchev–Trinajstić information content (AvgIpc) is 2.53. The lowest BCUT2D eigenvalue weighted by Crippen LogP contribution is -2.41. The number of nitrogens with two attached hydrogens (primary N) is 1. The van der Waals surface area contributed by atoms with Crippen LogP contribution < -0.4 is 11.1 Å². The van der Waals surface area contributed by atoms with E-state index in [1.807, 2.05) is 0 Å². The quantitative estimate of drug-likeness (QED) is 0.586. The maximum Gasteiger partial charge on any atom is 0.188 e. The van der Waals surface area contributed by atoms with Crippen molar-refractivity contribution in [3.63, 3.8) is 0 Å². The van der Waals surface area contributed by atoms with Crippen molar-refractivity contribution in [2.75, 3.05) is 26.2 Å². The molecular formula is C18H36N4. The Hall–Kier alpha value is -0.770. The Labute approximate surface area is 136 Å². The van der Waals surface area contributed by atoms with Crippen LogP contribution in [0.1, 0.15) is 65.2 Å². The van der Waals surface area contributed by atoms with Gasteiger partial charge in [-0.15, -0.1) is 0 Å². The zero-order valence-electron chi connectivity index (χ0n) is 14.7. The third kappa shape index (κ3) is 6.55. The number of aliphatic imine (C=N–C) groups is 1. The van der Waals surface area contributed by atoms with Gasteiger partial charge in [0.15, 0.2) is 5.96 Å². The van der Waals surface area contributed by atoms with Crippen LogP contribution >= 0.6 is 0 Å². The summed E-state index contributed by atoms with van der Waals surface area (Å²) in [4.78, 5) is 7.22. The van der Waals surface area contributed by atoms with E-state index in [2.05, 4.69) is 29.1 Å². The van der Waals surface area contributed by atoms with Crippen LogP contribution in [0.2, 0.25) is 0 Å². The van der Waals surface area contributed by atoms with Crippen LogP contribution in [0.4, 0.5) is 0 Å². The number of rotatable bonds is 6. The summed E-state index contributed by atoms with van der Waals surface area (Å²) in [6, 6.07) is 0.565. The number of guanidine groups is 1. The minimum atomic E-state index is 0.565. The van der Waals surface area contributed by atoms with Crippen LogP contribution in [0.5, 0.6) is 0 Å². The van der Waals surface area contributed by atoms with Gasteiger partial charge >= 0.3 is 0 Å². The molecule has 0 aromatic heterocycles. The molecule has 4 nitrogen and oxygen atoms in total. The zero-order chi connectivity index (χ0) is 15.8. The fourth-order valence-electron chi connectivity index (χ4n) is 3.56. The number of likely N-dealkylation sites (tertiary alicyclic amines) is 1. The van der Waals surface area contributed by atoms with Crippen molar-refractivity contribution in [2.24, 2.45) is 22.6 Å². The van der Waals surface area contributed by atoms with E-state index in [0.717, 1.165) is 18.4 Å². The molecule has 1 aliphatic heterocycles. The number of nitrogens with zero attached hydrogens (tertiary/aromatic N) is 2. The van der Waals surface area contributed by atoms with Crippen molar-refractivity contribution in [3.05, 3.63) is 0 Å². The molecule has 4 heteroatoms. The van der Waals surface area contributed by atoms with Gasteiger partial charge in [0.25, 0.3) is 0 Å². The maximum absolute atomic E-state index is 6.06. The summed E-state index contributed by atoms with van der Waals surface area (Å²) in [6.07, 6.45) is 10.4. The molecule has 0 aromatic carbocycles. The molecule has 22 heavy (non-hydrogen) atoms. The van der Waals surface area contributed by atoms with Crippen molar-refractivity contribution in [1.29, 1.82) is 0 Å². The van der Waals surface area contributed by atoms with Crippen molar-refractivity contribution >= 4 is 5.96 Å². The Bertz CT molecular complexity index is 326. The number of piperidine rings is 1. The molecule has 0 spiro atoms. The molecule has 1 aliphatic carbocycles. The molecule has 0 radical (unpaired) electrons. The molecule has 0 unspecified atom stereocenters. The van der Waals surface area contributed by atoms with E-state index in [9.17, 15) is 0 Å². The Morgan fingerprint density at radius 3 is 2.45 bits per heavy atom. The third-order valence-corrected chi connectivity index (χ3v) is 5.21. The standard InChI is InChI=1S/C18H36N4/c1-15(2)8-11-22-12-9-16(10-13-22)14-20-18(19)21-17-6-4-3-5-7-17/h15-17H,3-14H2,1-2H3,(H3,19,20,21). The minimum Gasteiger partial charge on any atom is -0.370 e. The maximum atomic E-state index is 6.06. The SMILES string of the molecule is CC(C)CCN1CCC(CN=C(N)NC2CCCCC2)CC1. The topological polar surface area (TPSA) is 53.6 Å². The van der Waals surface area contributed by atoms with Gasteiger partial charge in [-0.05, 0) is 63.6 Å². The van der Waals surface area contributed by atoms with E-state index in [-0.39, 0.29) is 0 Å². The second-order valence-corrected chi connectivity index (χ2v) is 7.67. The molecule has 0 bridgehead atoms. The van der Waals surface area contributed by atoms with Crippen LogP contribution in [0, 0.1) is 11.8 Å². The number of nitrogens with one attached hydrogen (secondary N) is 1. The predicted octanol–water partition coefficient (Wildman–Crippen LogP) is 2.98. The normalized spacial score (nSPS) is 23.1. The van der Waals surface area contributed by atoms with Crippen LogP contribution in [-0.4, -0.2) is 43.1 Å². The molecule has 0 aromatic rings. The van der Waals surface area contributed by atoms with Crippen LogP contribution in [0.3, 0.4) is 0 Å². The summed E-state index contributed by atoms with van der Waals surface area (Å²) in [6.45, 7) is 9.27. The van der Waals surface area contributed by atoms with Gasteiger partial charge in [0.2, 0.25) is 0 Å². The van der Waals surface area contributed by atoms with Crippen LogP contribution in [-0.2, 0) is 0 Å². The van der Waals surface area contributed by atoms with Gasteiger partial charge in [-0.3, -0.25) is 4.99 Å². The van der Waals surface area contributed by atoms with E-state index in [1.54, 1.807) is 0 Å². The lowest BCUT2D eigenvalue weighted by atomic mass is 9.95. The first-order valence-corrected chi connectivity index (χ1v) is 9.42. The monoisotopic (exact) mass is 308 g/mol. The molecule has 0 atom stereocenters. The van der Waals surface area contributed by atoms with Gasteiger partial charge in [-0.1, -0.05) is 33.1 Å². The minimum absolute atomic E-state index is 0.565. The highest BCUT2D eigenvalue weighted by atomic mass is 15.1. The third-order valence-electron chi connectivity index (χ3n) is 5.21. The lowest BCUT2D eigenvalue weighted by molar-refractivity contribution is 0.180. The Balaban J connectivity index is 1.61. The fraction of sp³-hybridized carbons (Fsp3) is 0.944. The van der Waals surface area contributed by atoms with E-state index in [4.69, 9.17) is 5.73 Å². The molecule has 2 aliphatic rings.